The van der Waals surface area contributed by atoms with Crippen molar-refractivity contribution < 1.29 is 0 Å². The molecule has 19 heavy (non-hydrogen) atoms. The molecule has 0 bridgehead atoms. The molecule has 1 aliphatic carbocycles. The summed E-state index contributed by atoms with van der Waals surface area (Å²) in [5, 5.41) is 7.49. The van der Waals surface area contributed by atoms with Crippen LogP contribution in [0, 0.1) is 0 Å². The van der Waals surface area contributed by atoms with Crippen molar-refractivity contribution in [3.05, 3.63) is 21.0 Å². The summed E-state index contributed by atoms with van der Waals surface area (Å²) in [7, 11) is 3.94. The summed E-state index contributed by atoms with van der Waals surface area (Å²) in [5.41, 5.74) is 6.40. The molecule has 0 spiro atoms. The van der Waals surface area contributed by atoms with E-state index in [2.05, 4.69) is 26.3 Å². The Balaban J connectivity index is 2.06. The van der Waals surface area contributed by atoms with E-state index in [1.54, 1.807) is 6.20 Å². The number of aromatic nitrogens is 2. The number of nitrogens with zero attached hydrogens (tertiary/aromatic N) is 3. The van der Waals surface area contributed by atoms with E-state index in [4.69, 9.17) is 5.73 Å². The van der Waals surface area contributed by atoms with Crippen LogP contribution in [-0.4, -0.2) is 47.4 Å². The van der Waals surface area contributed by atoms with Crippen molar-refractivity contribution in [2.75, 3.05) is 26.0 Å². The molecule has 1 saturated carbocycles. The Bertz CT molecular complexity index is 495. The maximum atomic E-state index is 12.1. The second kappa shape index (κ2) is 6.02. The Hall–Kier alpha value is -0.920. The number of hydrogen-bond donors (Lipinski definition) is 2. The van der Waals surface area contributed by atoms with E-state index >= 15 is 0 Å². The van der Waals surface area contributed by atoms with Gasteiger partial charge in [0.15, 0.2) is 0 Å². The van der Waals surface area contributed by atoms with Crippen LogP contribution in [0.1, 0.15) is 12.8 Å². The van der Waals surface area contributed by atoms with Gasteiger partial charge >= 0.3 is 0 Å². The highest BCUT2D eigenvalue weighted by Crippen LogP contribution is 2.25. The fourth-order valence-corrected chi connectivity index (χ4v) is 2.44. The summed E-state index contributed by atoms with van der Waals surface area (Å²) in [6.07, 6.45) is 3.58. The van der Waals surface area contributed by atoms with Gasteiger partial charge in [-0.2, -0.15) is 5.10 Å². The van der Waals surface area contributed by atoms with Gasteiger partial charge in [-0.3, -0.25) is 4.79 Å². The molecule has 7 heteroatoms. The van der Waals surface area contributed by atoms with Crippen LogP contribution in [0.5, 0.6) is 0 Å². The van der Waals surface area contributed by atoms with E-state index < -0.39 is 0 Å². The molecule has 2 rings (SSSR count). The highest BCUT2D eigenvalue weighted by Gasteiger charge is 2.26. The average molecular weight is 330 g/mol. The Labute approximate surface area is 121 Å². The van der Waals surface area contributed by atoms with Gasteiger partial charge in [-0.15, -0.1) is 0 Å². The van der Waals surface area contributed by atoms with Gasteiger partial charge in [-0.25, -0.2) is 4.68 Å². The Morgan fingerprint density at radius 3 is 2.84 bits per heavy atom. The number of halogens is 1. The molecular formula is C12H20BrN5O. The Morgan fingerprint density at radius 1 is 1.58 bits per heavy atom. The summed E-state index contributed by atoms with van der Waals surface area (Å²) < 4.78 is 2.02. The molecule has 1 fully saturated rings. The fraction of sp³-hybridized carbons (Fsp3) is 0.667. The smallest absolute Gasteiger partial charge is 0.283 e. The van der Waals surface area contributed by atoms with Crippen LogP contribution in [0.3, 0.4) is 0 Å². The normalized spacial score (nSPS) is 22.4. The Kier molecular flexibility index (Phi) is 4.59. The number of nitrogens with one attached hydrogen (secondary N) is 1. The molecule has 1 aromatic rings. The first-order valence-electron chi connectivity index (χ1n) is 6.40. The average Bonchev–Trinajstić information content (AvgIpc) is 2.31. The molecule has 0 saturated heterocycles. The van der Waals surface area contributed by atoms with Crippen LogP contribution in [-0.2, 0) is 6.54 Å². The quantitative estimate of drug-likeness (QED) is 0.821. The standard InChI is InChI=1S/C12H20BrN5O/c1-17(2)3-4-18-12(19)11(13)10(7-15-18)16-9-5-8(14)6-9/h7-9,16H,3-6,14H2,1-2H3. The zero-order chi connectivity index (χ0) is 14.0. The molecular weight excluding hydrogens is 310 g/mol. The molecule has 0 radical (unpaired) electrons. The lowest BCUT2D eigenvalue weighted by atomic mass is 9.87. The summed E-state index contributed by atoms with van der Waals surface area (Å²) in [6.45, 7) is 1.36. The van der Waals surface area contributed by atoms with Crippen LogP contribution < -0.4 is 16.6 Å². The van der Waals surface area contributed by atoms with E-state index in [9.17, 15) is 4.79 Å². The molecule has 0 aliphatic heterocycles. The largest absolute Gasteiger partial charge is 0.380 e. The van der Waals surface area contributed by atoms with Crippen molar-refractivity contribution in [2.45, 2.75) is 31.5 Å². The van der Waals surface area contributed by atoms with E-state index in [1.807, 2.05) is 19.0 Å². The molecule has 3 N–H and O–H groups in total. The van der Waals surface area contributed by atoms with Gasteiger partial charge in [0.25, 0.3) is 5.56 Å². The highest BCUT2D eigenvalue weighted by atomic mass is 79.9. The highest BCUT2D eigenvalue weighted by molar-refractivity contribution is 9.10. The second-order valence-corrected chi connectivity index (χ2v) is 6.07. The third-order valence-corrected chi connectivity index (χ3v) is 4.04. The van der Waals surface area contributed by atoms with Crippen LogP contribution >= 0.6 is 15.9 Å². The van der Waals surface area contributed by atoms with Gasteiger partial charge < -0.3 is 16.0 Å². The molecule has 0 amide bonds. The molecule has 1 aromatic heterocycles. The van der Waals surface area contributed by atoms with Gasteiger partial charge in [0, 0.05) is 18.6 Å². The minimum Gasteiger partial charge on any atom is -0.380 e. The topological polar surface area (TPSA) is 76.2 Å². The zero-order valence-corrected chi connectivity index (χ0v) is 12.9. The lowest BCUT2D eigenvalue weighted by Crippen LogP contribution is -2.44. The van der Waals surface area contributed by atoms with E-state index in [0.29, 0.717) is 17.1 Å². The van der Waals surface area contributed by atoms with Crippen molar-refractivity contribution >= 4 is 21.6 Å². The van der Waals surface area contributed by atoms with Crippen molar-refractivity contribution in [3.63, 3.8) is 0 Å². The van der Waals surface area contributed by atoms with E-state index in [1.165, 1.54) is 4.68 Å². The zero-order valence-electron chi connectivity index (χ0n) is 11.3. The van der Waals surface area contributed by atoms with Crippen molar-refractivity contribution in [2.24, 2.45) is 5.73 Å². The molecule has 106 valence electrons. The number of likely N-dealkylation sites (N-methyl/N-ethyl adjacent to an activating group) is 1. The minimum atomic E-state index is -0.101. The van der Waals surface area contributed by atoms with Gasteiger partial charge in [-0.05, 0) is 42.9 Å². The molecule has 1 aliphatic rings. The number of nitrogens with two attached hydrogens (primary N) is 1. The van der Waals surface area contributed by atoms with Gasteiger partial charge in [-0.1, -0.05) is 0 Å². The third kappa shape index (κ3) is 3.55. The van der Waals surface area contributed by atoms with E-state index in [-0.39, 0.29) is 11.6 Å². The van der Waals surface area contributed by atoms with Crippen LogP contribution in [0.2, 0.25) is 0 Å². The lowest BCUT2D eigenvalue weighted by molar-refractivity contribution is 0.365. The van der Waals surface area contributed by atoms with Crippen LogP contribution in [0.4, 0.5) is 5.69 Å². The lowest BCUT2D eigenvalue weighted by Gasteiger charge is -2.33. The molecule has 0 unspecified atom stereocenters. The molecule has 1 heterocycles. The van der Waals surface area contributed by atoms with Crippen molar-refractivity contribution in [3.8, 4) is 0 Å². The first-order valence-corrected chi connectivity index (χ1v) is 7.19. The fourth-order valence-electron chi connectivity index (χ4n) is 2.02. The van der Waals surface area contributed by atoms with Crippen molar-refractivity contribution in [1.82, 2.24) is 14.7 Å². The third-order valence-electron chi connectivity index (χ3n) is 3.28. The summed E-state index contributed by atoms with van der Waals surface area (Å²) in [6, 6.07) is 0.634. The minimum absolute atomic E-state index is 0.101. The second-order valence-electron chi connectivity index (χ2n) is 5.28. The first-order chi connectivity index (χ1) is 8.97. The molecule has 0 aromatic carbocycles. The van der Waals surface area contributed by atoms with E-state index in [0.717, 1.165) is 25.1 Å². The predicted molar refractivity (Wildman–Crippen MR) is 79.4 cm³/mol. The van der Waals surface area contributed by atoms with Gasteiger partial charge in [0.05, 0.1) is 18.4 Å². The summed E-state index contributed by atoms with van der Waals surface area (Å²) >= 11 is 3.35. The summed E-state index contributed by atoms with van der Waals surface area (Å²) in [5.74, 6) is 0. The maximum Gasteiger partial charge on any atom is 0.283 e. The van der Waals surface area contributed by atoms with Crippen LogP contribution in [0.25, 0.3) is 0 Å². The number of anilines is 1. The van der Waals surface area contributed by atoms with Crippen molar-refractivity contribution in [1.29, 1.82) is 0 Å². The maximum absolute atomic E-state index is 12.1. The predicted octanol–water partition coefficient (Wildman–Crippen LogP) is 0.469. The molecule has 0 atom stereocenters. The SMILES string of the molecule is CN(C)CCn1ncc(NC2CC(N)C2)c(Br)c1=O. The van der Waals surface area contributed by atoms with Crippen LogP contribution in [0.15, 0.2) is 15.5 Å². The number of hydrogen-bond acceptors (Lipinski definition) is 5. The Morgan fingerprint density at radius 2 is 2.26 bits per heavy atom. The number of rotatable bonds is 5. The molecule has 6 nitrogen and oxygen atoms in total. The van der Waals surface area contributed by atoms with Gasteiger partial charge in [0.1, 0.15) is 4.47 Å². The van der Waals surface area contributed by atoms with Gasteiger partial charge in [0.2, 0.25) is 0 Å². The first kappa shape index (κ1) is 14.5. The monoisotopic (exact) mass is 329 g/mol. The summed E-state index contributed by atoms with van der Waals surface area (Å²) in [4.78, 5) is 14.1.